The molecule has 0 saturated carbocycles. The van der Waals surface area contributed by atoms with E-state index in [1.165, 1.54) is 42.8 Å². The Kier molecular flexibility index (Phi) is 4.42. The molecule has 0 unspecified atom stereocenters. The predicted octanol–water partition coefficient (Wildman–Crippen LogP) is 10.4. The van der Waals surface area contributed by atoms with Crippen LogP contribution < -0.4 is 9.47 Å². The van der Waals surface area contributed by atoms with Gasteiger partial charge < -0.3 is 9.47 Å². The van der Waals surface area contributed by atoms with E-state index in [1.54, 1.807) is 11.3 Å². The van der Waals surface area contributed by atoms with Crippen molar-refractivity contribution in [3.8, 4) is 43.9 Å². The lowest BCUT2D eigenvalue weighted by atomic mass is 9.93. The van der Waals surface area contributed by atoms with Crippen LogP contribution in [-0.2, 0) is 0 Å². The van der Waals surface area contributed by atoms with Gasteiger partial charge in [0.05, 0.1) is 0 Å². The molecular formula is C34H20O2S. The summed E-state index contributed by atoms with van der Waals surface area (Å²) in [5, 5.41) is 7.75. The van der Waals surface area contributed by atoms with Crippen molar-refractivity contribution in [2.24, 2.45) is 0 Å². The molecule has 3 heteroatoms. The first-order chi connectivity index (χ1) is 18.3. The molecule has 6 aromatic carbocycles. The molecule has 37 heavy (non-hydrogen) atoms. The normalized spacial score (nSPS) is 12.2. The standard InChI is InChI=1S/C34H20O2S/c1-2-10-24-22(8-1)23-9-3-4-11-25(23)28-20-21(16-17-26(24)28)32-18-19-33(37-32)27-12-7-15-31-34(27)36-30-14-6-5-13-29(30)35-31/h1-20H. The van der Waals surface area contributed by atoms with Crippen LogP contribution in [0.5, 0.6) is 23.0 Å². The van der Waals surface area contributed by atoms with Crippen LogP contribution in [0.15, 0.2) is 121 Å². The van der Waals surface area contributed by atoms with E-state index in [0.29, 0.717) is 0 Å². The van der Waals surface area contributed by atoms with Crippen molar-refractivity contribution >= 4 is 43.7 Å². The molecule has 8 rings (SSSR count). The van der Waals surface area contributed by atoms with Gasteiger partial charge in [-0.3, -0.25) is 0 Å². The number of hydrogen-bond donors (Lipinski definition) is 0. The van der Waals surface area contributed by atoms with Gasteiger partial charge in [-0.1, -0.05) is 78.9 Å². The highest BCUT2D eigenvalue weighted by molar-refractivity contribution is 7.18. The van der Waals surface area contributed by atoms with Crippen LogP contribution >= 0.6 is 11.3 Å². The molecule has 0 spiro atoms. The van der Waals surface area contributed by atoms with Crippen LogP contribution in [-0.4, -0.2) is 0 Å². The first-order valence-electron chi connectivity index (χ1n) is 12.3. The van der Waals surface area contributed by atoms with Crippen LogP contribution in [0.2, 0.25) is 0 Å². The third-order valence-corrected chi connectivity index (χ3v) is 8.33. The van der Waals surface area contributed by atoms with Crippen LogP contribution in [0, 0.1) is 0 Å². The van der Waals surface area contributed by atoms with Gasteiger partial charge in [0.2, 0.25) is 0 Å². The number of thiophene rings is 1. The SMILES string of the molecule is c1ccc2c(c1)Oc1cccc(-c3ccc(-c4ccc5c6ccccc6c6ccccc6c5c4)s3)c1O2. The van der Waals surface area contributed by atoms with Crippen molar-refractivity contribution in [3.63, 3.8) is 0 Å². The summed E-state index contributed by atoms with van der Waals surface area (Å²) in [5.74, 6) is 3.00. The lowest BCUT2D eigenvalue weighted by molar-refractivity contribution is 0.361. The minimum Gasteiger partial charge on any atom is -0.449 e. The van der Waals surface area contributed by atoms with Crippen LogP contribution in [0.25, 0.3) is 53.2 Å². The van der Waals surface area contributed by atoms with Crippen LogP contribution in [0.4, 0.5) is 0 Å². The molecule has 1 aliphatic rings. The lowest BCUT2D eigenvalue weighted by Gasteiger charge is -2.22. The van der Waals surface area contributed by atoms with Crippen molar-refractivity contribution in [3.05, 3.63) is 121 Å². The van der Waals surface area contributed by atoms with Gasteiger partial charge in [0, 0.05) is 15.3 Å². The zero-order valence-electron chi connectivity index (χ0n) is 19.8. The van der Waals surface area contributed by atoms with Crippen molar-refractivity contribution in [1.82, 2.24) is 0 Å². The second kappa shape index (κ2) is 7.95. The van der Waals surface area contributed by atoms with Crippen molar-refractivity contribution in [2.75, 3.05) is 0 Å². The largest absolute Gasteiger partial charge is 0.449 e. The average molecular weight is 493 g/mol. The minimum atomic E-state index is 0.743. The van der Waals surface area contributed by atoms with Gasteiger partial charge >= 0.3 is 0 Å². The first kappa shape index (κ1) is 20.6. The van der Waals surface area contributed by atoms with Crippen LogP contribution in [0.1, 0.15) is 0 Å². The average Bonchev–Trinajstić information content (AvgIpc) is 3.46. The molecule has 1 aliphatic heterocycles. The Morgan fingerprint density at radius 1 is 0.405 bits per heavy atom. The van der Waals surface area contributed by atoms with E-state index < -0.39 is 0 Å². The Labute approximate surface area is 218 Å². The van der Waals surface area contributed by atoms with Crippen molar-refractivity contribution in [1.29, 1.82) is 0 Å². The number of benzene rings is 6. The molecule has 7 aromatic rings. The van der Waals surface area contributed by atoms with Gasteiger partial charge in [0.25, 0.3) is 0 Å². The van der Waals surface area contributed by atoms with E-state index in [0.717, 1.165) is 33.4 Å². The molecule has 0 fully saturated rings. The molecule has 0 aliphatic carbocycles. The Balaban J connectivity index is 1.26. The quantitative estimate of drug-likeness (QED) is 0.223. The summed E-state index contributed by atoms with van der Waals surface area (Å²) in [6.45, 7) is 0. The predicted molar refractivity (Wildman–Crippen MR) is 154 cm³/mol. The lowest BCUT2D eigenvalue weighted by Crippen LogP contribution is -1.99. The number of ether oxygens (including phenoxy) is 2. The minimum absolute atomic E-state index is 0.743. The Morgan fingerprint density at radius 2 is 0.973 bits per heavy atom. The Hall–Kier alpha value is -4.60. The Morgan fingerprint density at radius 3 is 1.70 bits per heavy atom. The highest BCUT2D eigenvalue weighted by Crippen LogP contribution is 2.51. The van der Waals surface area contributed by atoms with E-state index >= 15 is 0 Å². The summed E-state index contributed by atoms with van der Waals surface area (Å²) in [7, 11) is 0. The molecular weight excluding hydrogens is 472 g/mol. The van der Waals surface area contributed by atoms with Gasteiger partial charge in [0.15, 0.2) is 23.0 Å². The molecule has 0 bridgehead atoms. The summed E-state index contributed by atoms with van der Waals surface area (Å²) in [5.41, 5.74) is 2.26. The maximum atomic E-state index is 6.31. The molecule has 0 amide bonds. The van der Waals surface area contributed by atoms with E-state index in [2.05, 4.69) is 84.9 Å². The molecule has 2 heterocycles. The summed E-state index contributed by atoms with van der Waals surface area (Å²) in [6, 6.07) is 42.6. The number of fused-ring (bicyclic) bond motifs is 8. The van der Waals surface area contributed by atoms with Gasteiger partial charge in [-0.25, -0.2) is 0 Å². The van der Waals surface area contributed by atoms with Gasteiger partial charge in [-0.2, -0.15) is 0 Å². The van der Waals surface area contributed by atoms with E-state index in [1.807, 2.05) is 36.4 Å². The Bertz CT molecular complexity index is 1960. The highest BCUT2D eigenvalue weighted by atomic mass is 32.1. The summed E-state index contributed by atoms with van der Waals surface area (Å²) in [4.78, 5) is 2.38. The molecule has 0 N–H and O–H groups in total. The monoisotopic (exact) mass is 492 g/mol. The summed E-state index contributed by atoms with van der Waals surface area (Å²) >= 11 is 1.78. The fourth-order valence-corrected chi connectivity index (χ4v) is 6.47. The molecule has 2 nitrogen and oxygen atoms in total. The fourth-order valence-electron chi connectivity index (χ4n) is 5.44. The second-order valence-corrected chi connectivity index (χ2v) is 10.4. The number of rotatable bonds is 2. The summed E-state index contributed by atoms with van der Waals surface area (Å²) in [6.07, 6.45) is 0. The molecule has 174 valence electrons. The summed E-state index contributed by atoms with van der Waals surface area (Å²) < 4.78 is 12.4. The topological polar surface area (TPSA) is 18.5 Å². The van der Waals surface area contributed by atoms with E-state index in [-0.39, 0.29) is 0 Å². The zero-order valence-corrected chi connectivity index (χ0v) is 20.6. The second-order valence-electron chi connectivity index (χ2n) is 9.30. The first-order valence-corrected chi connectivity index (χ1v) is 13.2. The van der Waals surface area contributed by atoms with E-state index in [9.17, 15) is 0 Å². The smallest absolute Gasteiger partial charge is 0.178 e. The van der Waals surface area contributed by atoms with Gasteiger partial charge in [-0.05, 0) is 80.3 Å². The van der Waals surface area contributed by atoms with Crippen molar-refractivity contribution < 1.29 is 9.47 Å². The van der Waals surface area contributed by atoms with Crippen LogP contribution in [0.3, 0.4) is 0 Å². The third-order valence-electron chi connectivity index (χ3n) is 7.16. The molecule has 0 radical (unpaired) electrons. The molecule has 0 atom stereocenters. The maximum Gasteiger partial charge on any atom is 0.178 e. The molecule has 1 aromatic heterocycles. The highest BCUT2D eigenvalue weighted by Gasteiger charge is 2.22. The number of para-hydroxylation sites is 3. The molecule has 0 saturated heterocycles. The third kappa shape index (κ3) is 3.18. The van der Waals surface area contributed by atoms with Gasteiger partial charge in [-0.15, -0.1) is 11.3 Å². The maximum absolute atomic E-state index is 6.31. The fraction of sp³-hybridized carbons (Fsp3) is 0. The van der Waals surface area contributed by atoms with Crippen molar-refractivity contribution in [2.45, 2.75) is 0 Å². The van der Waals surface area contributed by atoms with Gasteiger partial charge in [0.1, 0.15) is 0 Å². The number of hydrogen-bond acceptors (Lipinski definition) is 3. The zero-order chi connectivity index (χ0) is 24.3. The van der Waals surface area contributed by atoms with E-state index in [4.69, 9.17) is 9.47 Å².